The number of hydrogen-bond acceptors (Lipinski definition) is 7. The Hall–Kier alpha value is -3.81. The number of amides is 1. The predicted octanol–water partition coefficient (Wildman–Crippen LogP) is 4.05. The number of rotatable bonds is 5. The van der Waals surface area contributed by atoms with Crippen LogP contribution in [0.5, 0.6) is 0 Å². The van der Waals surface area contributed by atoms with Crippen molar-refractivity contribution < 1.29 is 13.2 Å². The van der Waals surface area contributed by atoms with Gasteiger partial charge in [-0.1, -0.05) is 36.4 Å². The van der Waals surface area contributed by atoms with Crippen molar-refractivity contribution in [2.45, 2.75) is 19.0 Å². The number of nitrogens with zero attached hydrogens (tertiary/aromatic N) is 4. The lowest BCUT2D eigenvalue weighted by molar-refractivity contribution is -0.112. The number of fused-ring (bicyclic) bond motifs is 1. The van der Waals surface area contributed by atoms with E-state index in [1.807, 2.05) is 50.2 Å². The molecule has 0 unspecified atom stereocenters. The molecule has 0 bridgehead atoms. The number of aromatic nitrogens is 3. The maximum absolute atomic E-state index is 12.6. The molecule has 0 saturated carbocycles. The maximum atomic E-state index is 12.6. The number of carbonyl (C=O) groups is 1. The molecule has 2 heterocycles. The van der Waals surface area contributed by atoms with Crippen molar-refractivity contribution in [2.75, 3.05) is 11.6 Å². The molecule has 0 fully saturated rings. The fraction of sp³-hybridized carbons (Fsp3) is 0.130. The van der Waals surface area contributed by atoms with Crippen LogP contribution in [0.3, 0.4) is 0 Å². The molecule has 0 aliphatic heterocycles. The van der Waals surface area contributed by atoms with Gasteiger partial charge in [0.2, 0.25) is 15.0 Å². The van der Waals surface area contributed by atoms with Gasteiger partial charge in [0.1, 0.15) is 11.6 Å². The molecule has 4 aromatic rings. The van der Waals surface area contributed by atoms with E-state index in [4.69, 9.17) is 0 Å². The van der Waals surface area contributed by atoms with Crippen LogP contribution < -0.4 is 5.32 Å². The van der Waals surface area contributed by atoms with Crippen molar-refractivity contribution in [1.82, 2.24) is 13.9 Å². The highest BCUT2D eigenvalue weighted by atomic mass is 32.2. The van der Waals surface area contributed by atoms with E-state index in [-0.39, 0.29) is 15.9 Å². The number of nitrogens with one attached hydrogen (secondary N) is 1. The summed E-state index contributed by atoms with van der Waals surface area (Å²) in [5.41, 5.74) is 3.42. The van der Waals surface area contributed by atoms with E-state index in [2.05, 4.69) is 37.4 Å². The monoisotopic (exact) mass is 477 g/mol. The minimum atomic E-state index is -3.59. The standard InChI is InChI=1S/C23H19N5O3S2/c1-14-11-17(15(2)28(14)20-10-6-8-16-7-4-5-9-19(16)20)12-18(13-24)21(29)25-22-26-23(27-32-22)33(3,30)31/h4-12H,1-3H3,(H,25,26,27,29)/b18-12-. The minimum Gasteiger partial charge on any atom is -0.317 e. The molecule has 0 atom stereocenters. The van der Waals surface area contributed by atoms with E-state index in [1.54, 1.807) is 0 Å². The molecule has 2 aromatic carbocycles. The number of nitriles is 1. The van der Waals surface area contributed by atoms with E-state index < -0.39 is 15.7 Å². The average molecular weight is 478 g/mol. The molecule has 10 heteroatoms. The maximum Gasteiger partial charge on any atom is 0.268 e. The SMILES string of the molecule is Cc1cc(/C=C(/C#N)C(=O)Nc2nc(S(C)(=O)=O)ns2)c(C)n1-c1cccc2ccccc12. The van der Waals surface area contributed by atoms with Gasteiger partial charge in [0.15, 0.2) is 0 Å². The van der Waals surface area contributed by atoms with Gasteiger partial charge in [0.25, 0.3) is 11.1 Å². The third-order valence-electron chi connectivity index (χ3n) is 5.10. The lowest BCUT2D eigenvalue weighted by Crippen LogP contribution is -2.13. The third-order valence-corrected chi connectivity index (χ3v) is 6.69. The zero-order valence-corrected chi connectivity index (χ0v) is 19.7. The third kappa shape index (κ3) is 4.41. The predicted molar refractivity (Wildman–Crippen MR) is 128 cm³/mol. The Balaban J connectivity index is 1.69. The van der Waals surface area contributed by atoms with Crippen LogP contribution in [-0.4, -0.2) is 34.5 Å². The van der Waals surface area contributed by atoms with Crippen molar-refractivity contribution in [3.63, 3.8) is 0 Å². The normalized spacial score (nSPS) is 12.0. The van der Waals surface area contributed by atoms with E-state index >= 15 is 0 Å². The zero-order chi connectivity index (χ0) is 23.8. The Morgan fingerprint density at radius 2 is 1.91 bits per heavy atom. The van der Waals surface area contributed by atoms with Gasteiger partial charge in [0.05, 0.1) is 5.69 Å². The Morgan fingerprint density at radius 3 is 2.61 bits per heavy atom. The van der Waals surface area contributed by atoms with E-state index in [0.717, 1.165) is 51.2 Å². The van der Waals surface area contributed by atoms with Crippen molar-refractivity contribution in [1.29, 1.82) is 5.26 Å². The highest BCUT2D eigenvalue weighted by Crippen LogP contribution is 2.28. The largest absolute Gasteiger partial charge is 0.317 e. The number of sulfone groups is 1. The molecule has 33 heavy (non-hydrogen) atoms. The molecule has 166 valence electrons. The molecule has 1 amide bonds. The second-order valence-corrected chi connectivity index (χ2v) is 10.1. The fourth-order valence-corrected chi connectivity index (χ4v) is 5.03. The highest BCUT2D eigenvalue weighted by molar-refractivity contribution is 7.90. The molecular formula is C23H19N5O3S2. The summed E-state index contributed by atoms with van der Waals surface area (Å²) < 4.78 is 28.9. The number of carbonyl (C=O) groups excluding carboxylic acids is 1. The van der Waals surface area contributed by atoms with E-state index in [9.17, 15) is 18.5 Å². The van der Waals surface area contributed by atoms with E-state index in [1.165, 1.54) is 6.08 Å². The molecule has 1 N–H and O–H groups in total. The molecule has 0 aliphatic carbocycles. The first kappa shape index (κ1) is 22.4. The summed E-state index contributed by atoms with van der Waals surface area (Å²) in [5, 5.41) is 13.9. The van der Waals surface area contributed by atoms with E-state index in [0.29, 0.717) is 0 Å². The topological polar surface area (TPSA) is 118 Å². The summed E-state index contributed by atoms with van der Waals surface area (Å²) >= 11 is 0.734. The van der Waals surface area contributed by atoms with Gasteiger partial charge >= 0.3 is 0 Å². The van der Waals surface area contributed by atoms with Gasteiger partial charge in [-0.3, -0.25) is 10.1 Å². The van der Waals surface area contributed by atoms with Crippen LogP contribution >= 0.6 is 11.5 Å². The molecule has 8 nitrogen and oxygen atoms in total. The van der Waals surface area contributed by atoms with Crippen LogP contribution in [0.4, 0.5) is 5.13 Å². The molecular weight excluding hydrogens is 458 g/mol. The Bertz CT molecular complexity index is 1570. The van der Waals surface area contributed by atoms with Crippen molar-refractivity contribution in [3.8, 4) is 11.8 Å². The lowest BCUT2D eigenvalue weighted by Gasteiger charge is -2.13. The van der Waals surface area contributed by atoms with Gasteiger partial charge < -0.3 is 4.57 Å². The number of anilines is 1. The molecule has 0 saturated heterocycles. The second kappa shape index (κ2) is 8.61. The van der Waals surface area contributed by atoms with Crippen LogP contribution in [0, 0.1) is 25.2 Å². The van der Waals surface area contributed by atoms with Crippen LogP contribution in [-0.2, 0) is 14.6 Å². The summed E-state index contributed by atoms with van der Waals surface area (Å²) in [4.78, 5) is 16.4. The van der Waals surface area contributed by atoms with Crippen LogP contribution in [0.1, 0.15) is 17.0 Å². The summed E-state index contributed by atoms with van der Waals surface area (Å²) in [5.74, 6) is -0.691. The van der Waals surface area contributed by atoms with Gasteiger partial charge in [-0.25, -0.2) is 8.42 Å². The summed E-state index contributed by atoms with van der Waals surface area (Å²) in [6, 6.07) is 18.0. The minimum absolute atomic E-state index is 0.00260. The van der Waals surface area contributed by atoms with Gasteiger partial charge in [-0.15, -0.1) is 0 Å². The van der Waals surface area contributed by atoms with Crippen LogP contribution in [0.15, 0.2) is 59.3 Å². The Labute approximate surface area is 194 Å². The Morgan fingerprint density at radius 1 is 1.18 bits per heavy atom. The van der Waals surface area contributed by atoms with Crippen LogP contribution in [0.25, 0.3) is 22.5 Å². The first-order valence-corrected chi connectivity index (χ1v) is 12.5. The summed E-state index contributed by atoms with van der Waals surface area (Å²) in [6.07, 6.45) is 2.49. The second-order valence-electron chi connectivity index (χ2n) is 7.44. The van der Waals surface area contributed by atoms with Crippen molar-refractivity contribution in [2.24, 2.45) is 0 Å². The molecule has 0 aliphatic rings. The molecule has 4 rings (SSSR count). The molecule has 0 radical (unpaired) electrons. The first-order valence-electron chi connectivity index (χ1n) is 9.83. The van der Waals surface area contributed by atoms with Crippen molar-refractivity contribution in [3.05, 3.63) is 71.1 Å². The first-order chi connectivity index (χ1) is 15.7. The number of benzene rings is 2. The number of hydrogen-bond donors (Lipinski definition) is 1. The Kier molecular flexibility index (Phi) is 5.84. The zero-order valence-electron chi connectivity index (χ0n) is 18.0. The smallest absolute Gasteiger partial charge is 0.268 e. The lowest BCUT2D eigenvalue weighted by atomic mass is 10.1. The summed E-state index contributed by atoms with van der Waals surface area (Å²) in [7, 11) is -3.59. The molecule has 2 aromatic heterocycles. The van der Waals surface area contributed by atoms with Gasteiger partial charge in [-0.05, 0) is 43.0 Å². The molecule has 0 spiro atoms. The quantitative estimate of drug-likeness (QED) is 0.342. The van der Waals surface area contributed by atoms with Gasteiger partial charge in [-0.2, -0.15) is 14.6 Å². The van der Waals surface area contributed by atoms with Crippen LogP contribution in [0.2, 0.25) is 0 Å². The average Bonchev–Trinajstić information content (AvgIpc) is 3.35. The summed E-state index contributed by atoms with van der Waals surface area (Å²) in [6.45, 7) is 3.89. The number of aryl methyl sites for hydroxylation is 1. The highest BCUT2D eigenvalue weighted by Gasteiger charge is 2.19. The van der Waals surface area contributed by atoms with Crippen molar-refractivity contribution >= 4 is 49.3 Å². The fourth-order valence-electron chi connectivity index (χ4n) is 3.59. The van der Waals surface area contributed by atoms with Gasteiger partial charge in [0, 0.05) is 34.6 Å².